The number of carbonyl (C=O) groups excluding carboxylic acids is 2. The summed E-state index contributed by atoms with van der Waals surface area (Å²) in [6.45, 7) is 1.78. The van der Waals surface area contributed by atoms with Crippen molar-refractivity contribution in [2.75, 3.05) is 0 Å². The van der Waals surface area contributed by atoms with E-state index in [2.05, 4.69) is 0 Å². The van der Waals surface area contributed by atoms with Gasteiger partial charge in [-0.2, -0.15) is 0 Å². The number of fused-ring (bicyclic) bond motifs is 2. The maximum absolute atomic E-state index is 12.8. The average molecular weight is 324 g/mol. The van der Waals surface area contributed by atoms with Gasteiger partial charge in [0.25, 0.3) is 0 Å². The molecule has 2 aliphatic rings. The fourth-order valence-electron chi connectivity index (χ4n) is 3.19. The molecule has 0 spiro atoms. The van der Waals surface area contributed by atoms with Gasteiger partial charge in [-0.15, -0.1) is 0 Å². The topological polar surface area (TPSA) is 61.8 Å². The Kier molecular flexibility index (Phi) is 3.49. The van der Waals surface area contributed by atoms with E-state index < -0.39 is 24.0 Å². The summed E-state index contributed by atoms with van der Waals surface area (Å²) in [5, 5.41) is 0. The molecule has 0 N–H and O–H groups in total. The van der Waals surface area contributed by atoms with Crippen LogP contribution < -0.4 is 4.74 Å². The van der Waals surface area contributed by atoms with E-state index in [1.807, 2.05) is 48.5 Å². The van der Waals surface area contributed by atoms with Crippen LogP contribution in [0.15, 0.2) is 48.5 Å². The summed E-state index contributed by atoms with van der Waals surface area (Å²) < 4.78 is 16.4. The number of ether oxygens (including phenoxy) is 3. The Morgan fingerprint density at radius 2 is 1.62 bits per heavy atom. The molecule has 1 saturated heterocycles. The smallest absolute Gasteiger partial charge is 0.347 e. The second-order valence-electron chi connectivity index (χ2n) is 6.02. The van der Waals surface area contributed by atoms with Crippen molar-refractivity contribution in [3.05, 3.63) is 59.7 Å². The van der Waals surface area contributed by atoms with Crippen molar-refractivity contribution in [2.45, 2.75) is 31.5 Å². The molecule has 0 radical (unpaired) electrons. The molecule has 0 aliphatic carbocycles. The van der Waals surface area contributed by atoms with Gasteiger partial charge >= 0.3 is 11.9 Å². The first-order chi connectivity index (χ1) is 11.6. The van der Waals surface area contributed by atoms with Crippen LogP contribution in [0.2, 0.25) is 0 Å². The van der Waals surface area contributed by atoms with E-state index in [0.717, 1.165) is 11.1 Å². The number of para-hydroxylation sites is 2. The summed E-state index contributed by atoms with van der Waals surface area (Å²) in [5.41, 5.74) is 1.47. The van der Waals surface area contributed by atoms with Crippen molar-refractivity contribution in [3.8, 4) is 11.5 Å². The van der Waals surface area contributed by atoms with Crippen molar-refractivity contribution < 1.29 is 23.8 Å². The monoisotopic (exact) mass is 324 g/mol. The van der Waals surface area contributed by atoms with Gasteiger partial charge in [0.1, 0.15) is 23.5 Å². The molecule has 2 aromatic rings. The number of benzene rings is 2. The summed E-state index contributed by atoms with van der Waals surface area (Å²) in [7, 11) is 0. The molecule has 1 fully saturated rings. The van der Waals surface area contributed by atoms with Crippen molar-refractivity contribution in [1.82, 2.24) is 0 Å². The van der Waals surface area contributed by atoms with Gasteiger partial charge in [0.2, 0.25) is 6.10 Å². The molecule has 2 atom stereocenters. The molecule has 0 unspecified atom stereocenters. The molecule has 5 heteroatoms. The van der Waals surface area contributed by atoms with Gasteiger partial charge in [-0.3, -0.25) is 4.79 Å². The number of rotatable bonds is 2. The van der Waals surface area contributed by atoms with Crippen molar-refractivity contribution in [2.24, 2.45) is 0 Å². The lowest BCUT2D eigenvalue weighted by Crippen LogP contribution is -2.28. The zero-order valence-electron chi connectivity index (χ0n) is 13.1. The minimum absolute atomic E-state index is 0.232. The first kappa shape index (κ1) is 14.8. The van der Waals surface area contributed by atoms with Gasteiger partial charge < -0.3 is 14.2 Å². The van der Waals surface area contributed by atoms with Crippen LogP contribution in [0.4, 0.5) is 0 Å². The van der Waals surface area contributed by atoms with Crippen molar-refractivity contribution in [1.29, 1.82) is 0 Å². The maximum Gasteiger partial charge on any atom is 0.347 e. The number of cyclic esters (lactones) is 1. The molecule has 0 bridgehead atoms. The van der Waals surface area contributed by atoms with E-state index in [4.69, 9.17) is 14.2 Å². The Morgan fingerprint density at radius 3 is 2.17 bits per heavy atom. The third-order valence-corrected chi connectivity index (χ3v) is 4.30. The van der Waals surface area contributed by atoms with Crippen LogP contribution in [0.5, 0.6) is 11.5 Å². The molecule has 2 heterocycles. The highest BCUT2D eigenvalue weighted by Crippen LogP contribution is 2.44. The molecule has 0 aromatic heterocycles. The summed E-state index contributed by atoms with van der Waals surface area (Å²) in [6, 6.07) is 14.7. The second kappa shape index (κ2) is 5.67. The molecule has 0 saturated carbocycles. The lowest BCUT2D eigenvalue weighted by Gasteiger charge is -2.27. The third kappa shape index (κ3) is 2.42. The highest BCUT2D eigenvalue weighted by atomic mass is 16.6. The van der Waals surface area contributed by atoms with Crippen molar-refractivity contribution >= 4 is 11.9 Å². The minimum atomic E-state index is -0.838. The number of carbonyl (C=O) groups is 2. The zero-order valence-corrected chi connectivity index (χ0v) is 13.1. The van der Waals surface area contributed by atoms with E-state index in [1.165, 1.54) is 0 Å². The Hall–Kier alpha value is -2.82. The quantitative estimate of drug-likeness (QED) is 0.794. The standard InChI is InChI=1S/C19H16O5/c1-11-10-16(18(20)22-11)24-19(21)17-12-6-2-4-8-14(12)23-15-9-5-3-7-13(15)17/h2-9,11,16-17H,10H2,1H3/t11-,16-/m1/s1. The minimum Gasteiger partial charge on any atom is -0.460 e. The SMILES string of the molecule is C[C@@H]1C[C@@H](OC(=O)C2c3ccccc3Oc3ccccc32)C(=O)O1. The van der Waals surface area contributed by atoms with Crippen LogP contribution in [-0.4, -0.2) is 24.1 Å². The Morgan fingerprint density at radius 1 is 1.04 bits per heavy atom. The van der Waals surface area contributed by atoms with Gasteiger partial charge in [-0.05, 0) is 19.1 Å². The molecule has 4 rings (SSSR count). The predicted molar refractivity (Wildman–Crippen MR) is 84.9 cm³/mol. The molecular weight excluding hydrogens is 308 g/mol. The largest absolute Gasteiger partial charge is 0.460 e. The highest BCUT2D eigenvalue weighted by molar-refractivity contribution is 5.88. The number of esters is 2. The van der Waals surface area contributed by atoms with Crippen LogP contribution in [-0.2, 0) is 19.1 Å². The fraction of sp³-hybridized carbons (Fsp3) is 0.263. The zero-order chi connectivity index (χ0) is 16.7. The van der Waals surface area contributed by atoms with E-state index in [1.54, 1.807) is 6.92 Å². The molecule has 0 amide bonds. The number of hydrogen-bond acceptors (Lipinski definition) is 5. The van der Waals surface area contributed by atoms with Gasteiger partial charge in [-0.1, -0.05) is 36.4 Å². The Balaban J connectivity index is 1.69. The van der Waals surface area contributed by atoms with Crippen molar-refractivity contribution in [3.63, 3.8) is 0 Å². The van der Waals surface area contributed by atoms with Gasteiger partial charge in [0.05, 0.1) is 0 Å². The first-order valence-corrected chi connectivity index (χ1v) is 7.90. The van der Waals surface area contributed by atoms with Crippen LogP contribution in [0, 0.1) is 0 Å². The van der Waals surface area contributed by atoms with E-state index in [0.29, 0.717) is 17.9 Å². The Labute approximate surface area is 139 Å². The normalized spacial score (nSPS) is 22.1. The lowest BCUT2D eigenvalue weighted by atomic mass is 9.88. The third-order valence-electron chi connectivity index (χ3n) is 4.30. The number of hydrogen-bond donors (Lipinski definition) is 0. The summed E-state index contributed by atoms with van der Waals surface area (Å²) in [6.07, 6.45) is -0.684. The molecule has 5 nitrogen and oxygen atoms in total. The Bertz CT molecular complexity index is 767. The molecule has 122 valence electrons. The van der Waals surface area contributed by atoms with Gasteiger partial charge in [-0.25, -0.2) is 4.79 Å². The summed E-state index contributed by atoms with van der Waals surface area (Å²) in [4.78, 5) is 24.6. The molecule has 2 aliphatic heterocycles. The average Bonchev–Trinajstić information content (AvgIpc) is 2.89. The van der Waals surface area contributed by atoms with Crippen LogP contribution >= 0.6 is 0 Å². The van der Waals surface area contributed by atoms with Gasteiger partial charge in [0.15, 0.2) is 0 Å². The van der Waals surface area contributed by atoms with Crippen LogP contribution in [0.1, 0.15) is 30.4 Å². The first-order valence-electron chi connectivity index (χ1n) is 7.90. The summed E-state index contributed by atoms with van der Waals surface area (Å²) >= 11 is 0. The molecule has 24 heavy (non-hydrogen) atoms. The molecule has 2 aromatic carbocycles. The van der Waals surface area contributed by atoms with Crippen LogP contribution in [0.3, 0.4) is 0 Å². The lowest BCUT2D eigenvalue weighted by molar-refractivity contribution is -0.161. The highest BCUT2D eigenvalue weighted by Gasteiger charge is 2.39. The van der Waals surface area contributed by atoms with Crippen LogP contribution in [0.25, 0.3) is 0 Å². The van der Waals surface area contributed by atoms with Gasteiger partial charge in [0, 0.05) is 17.5 Å². The summed E-state index contributed by atoms with van der Waals surface area (Å²) in [5.74, 6) is -0.311. The maximum atomic E-state index is 12.8. The second-order valence-corrected chi connectivity index (χ2v) is 6.02. The fourth-order valence-corrected chi connectivity index (χ4v) is 3.19. The van der Waals surface area contributed by atoms with E-state index in [-0.39, 0.29) is 6.10 Å². The molecular formula is C19H16O5. The van der Waals surface area contributed by atoms with E-state index in [9.17, 15) is 9.59 Å². The van der Waals surface area contributed by atoms with E-state index >= 15 is 0 Å². The predicted octanol–water partition coefficient (Wildman–Crippen LogP) is 3.17.